The number of rotatable bonds is 1. The molecular formula is C24H13BrClNS. The van der Waals surface area contributed by atoms with Gasteiger partial charge < -0.3 is 4.57 Å². The van der Waals surface area contributed by atoms with E-state index in [4.69, 9.17) is 11.6 Å². The Labute approximate surface area is 178 Å². The maximum absolute atomic E-state index is 6.54. The van der Waals surface area contributed by atoms with Gasteiger partial charge in [0.05, 0.1) is 25.5 Å². The van der Waals surface area contributed by atoms with E-state index in [9.17, 15) is 0 Å². The van der Waals surface area contributed by atoms with Crippen LogP contribution in [0.25, 0.3) is 47.7 Å². The van der Waals surface area contributed by atoms with E-state index in [1.54, 1.807) is 11.3 Å². The van der Waals surface area contributed by atoms with Crippen molar-refractivity contribution >= 4 is 80.8 Å². The van der Waals surface area contributed by atoms with Gasteiger partial charge in [0.15, 0.2) is 0 Å². The van der Waals surface area contributed by atoms with E-state index < -0.39 is 0 Å². The lowest BCUT2D eigenvalue weighted by Gasteiger charge is -2.09. The molecule has 0 N–H and O–H groups in total. The summed E-state index contributed by atoms with van der Waals surface area (Å²) in [5.74, 6) is 0. The van der Waals surface area contributed by atoms with E-state index in [-0.39, 0.29) is 0 Å². The Kier molecular flexibility index (Phi) is 3.61. The Balaban J connectivity index is 1.94. The Morgan fingerprint density at radius 3 is 2.18 bits per heavy atom. The van der Waals surface area contributed by atoms with Crippen LogP contribution in [-0.4, -0.2) is 4.57 Å². The van der Waals surface area contributed by atoms with Crippen LogP contribution < -0.4 is 0 Å². The monoisotopic (exact) mass is 461 g/mol. The van der Waals surface area contributed by atoms with E-state index in [2.05, 4.69) is 87.2 Å². The van der Waals surface area contributed by atoms with Crippen LogP contribution in [0, 0.1) is 0 Å². The molecule has 6 rings (SSSR count). The first-order valence-electron chi connectivity index (χ1n) is 9.02. The van der Waals surface area contributed by atoms with Crippen LogP contribution in [0.15, 0.2) is 83.3 Å². The summed E-state index contributed by atoms with van der Waals surface area (Å²) in [6, 6.07) is 27.6. The van der Waals surface area contributed by atoms with Crippen molar-refractivity contribution < 1.29 is 0 Å². The smallest absolute Gasteiger partial charge is 0.0720 e. The van der Waals surface area contributed by atoms with Crippen LogP contribution in [-0.2, 0) is 0 Å². The molecule has 0 fully saturated rings. The highest BCUT2D eigenvalue weighted by Gasteiger charge is 2.19. The first-order valence-corrected chi connectivity index (χ1v) is 11.0. The molecule has 0 unspecified atom stereocenters. The second kappa shape index (κ2) is 6.08. The fourth-order valence-electron chi connectivity index (χ4n) is 4.16. The first-order chi connectivity index (χ1) is 13.7. The number of thiophene rings is 1. The van der Waals surface area contributed by atoms with Crippen molar-refractivity contribution in [3.63, 3.8) is 0 Å². The minimum absolute atomic E-state index is 0.815. The molecular weight excluding hydrogens is 450 g/mol. The molecule has 0 saturated heterocycles. The normalized spacial score (nSPS) is 11.9. The highest BCUT2D eigenvalue weighted by Crippen LogP contribution is 2.45. The van der Waals surface area contributed by atoms with Crippen molar-refractivity contribution in [2.75, 3.05) is 0 Å². The fourth-order valence-corrected chi connectivity index (χ4v) is 6.24. The summed E-state index contributed by atoms with van der Waals surface area (Å²) in [7, 11) is 0. The van der Waals surface area contributed by atoms with E-state index in [0.717, 1.165) is 19.9 Å². The number of hydrogen-bond donors (Lipinski definition) is 0. The van der Waals surface area contributed by atoms with Crippen LogP contribution in [0.3, 0.4) is 0 Å². The molecule has 28 heavy (non-hydrogen) atoms. The van der Waals surface area contributed by atoms with Gasteiger partial charge in [-0.3, -0.25) is 0 Å². The molecule has 0 bridgehead atoms. The third kappa shape index (κ3) is 2.18. The summed E-state index contributed by atoms with van der Waals surface area (Å²) in [5.41, 5.74) is 3.59. The van der Waals surface area contributed by atoms with Gasteiger partial charge in [0, 0.05) is 31.7 Å². The van der Waals surface area contributed by atoms with Gasteiger partial charge in [-0.25, -0.2) is 0 Å². The second-order valence-electron chi connectivity index (χ2n) is 6.86. The van der Waals surface area contributed by atoms with Crippen LogP contribution >= 0.6 is 38.9 Å². The third-order valence-electron chi connectivity index (χ3n) is 5.33. The quantitative estimate of drug-likeness (QED) is 0.230. The fraction of sp³-hybridized carbons (Fsp3) is 0. The number of para-hydroxylation sites is 2. The van der Waals surface area contributed by atoms with Gasteiger partial charge in [-0.15, -0.1) is 11.3 Å². The van der Waals surface area contributed by atoms with Crippen molar-refractivity contribution in [3.05, 3.63) is 88.4 Å². The SMILES string of the molecule is Clc1cccc2c1sc1c2ccc2c3cccc(Br)c3n(-c3ccccc3)c21. The van der Waals surface area contributed by atoms with Crippen LogP contribution in [0.1, 0.15) is 0 Å². The molecule has 0 atom stereocenters. The second-order valence-corrected chi connectivity index (χ2v) is 9.15. The minimum Gasteiger partial charge on any atom is -0.307 e. The molecule has 0 spiro atoms. The summed E-state index contributed by atoms with van der Waals surface area (Å²) in [6.07, 6.45) is 0. The van der Waals surface area contributed by atoms with Crippen LogP contribution in [0.2, 0.25) is 5.02 Å². The molecule has 2 heterocycles. The Morgan fingerprint density at radius 1 is 0.643 bits per heavy atom. The summed E-state index contributed by atoms with van der Waals surface area (Å²) in [6.45, 7) is 0. The molecule has 0 saturated carbocycles. The van der Waals surface area contributed by atoms with Crippen molar-refractivity contribution in [2.45, 2.75) is 0 Å². The summed E-state index contributed by atoms with van der Waals surface area (Å²) in [4.78, 5) is 0. The summed E-state index contributed by atoms with van der Waals surface area (Å²) in [5, 5.41) is 5.80. The Bertz CT molecular complexity index is 1530. The minimum atomic E-state index is 0.815. The van der Waals surface area contributed by atoms with E-state index in [1.807, 2.05) is 12.1 Å². The molecule has 0 amide bonds. The van der Waals surface area contributed by atoms with Gasteiger partial charge in [0.1, 0.15) is 0 Å². The number of aromatic nitrogens is 1. The van der Waals surface area contributed by atoms with E-state index in [0.29, 0.717) is 0 Å². The molecule has 2 aromatic heterocycles. The molecule has 0 aliphatic carbocycles. The summed E-state index contributed by atoms with van der Waals surface area (Å²) >= 11 is 12.1. The lowest BCUT2D eigenvalue weighted by molar-refractivity contribution is 1.18. The number of hydrogen-bond acceptors (Lipinski definition) is 1. The van der Waals surface area contributed by atoms with Crippen molar-refractivity contribution in [2.24, 2.45) is 0 Å². The number of fused-ring (bicyclic) bond motifs is 7. The zero-order valence-corrected chi connectivity index (χ0v) is 17.8. The maximum atomic E-state index is 6.54. The van der Waals surface area contributed by atoms with Gasteiger partial charge in [-0.2, -0.15) is 0 Å². The maximum Gasteiger partial charge on any atom is 0.0720 e. The average molecular weight is 463 g/mol. The number of nitrogens with zero attached hydrogens (tertiary/aromatic N) is 1. The molecule has 1 nitrogen and oxygen atoms in total. The lowest BCUT2D eigenvalue weighted by Crippen LogP contribution is -1.93. The topological polar surface area (TPSA) is 4.93 Å². The van der Waals surface area contributed by atoms with E-state index >= 15 is 0 Å². The number of halogens is 2. The van der Waals surface area contributed by atoms with Gasteiger partial charge in [-0.1, -0.05) is 66.2 Å². The van der Waals surface area contributed by atoms with E-state index in [1.165, 1.54) is 37.3 Å². The molecule has 134 valence electrons. The van der Waals surface area contributed by atoms with Crippen molar-refractivity contribution in [3.8, 4) is 5.69 Å². The molecule has 0 aliphatic heterocycles. The van der Waals surface area contributed by atoms with Crippen molar-refractivity contribution in [1.82, 2.24) is 4.57 Å². The van der Waals surface area contributed by atoms with Crippen LogP contribution in [0.4, 0.5) is 0 Å². The lowest BCUT2D eigenvalue weighted by atomic mass is 10.1. The van der Waals surface area contributed by atoms with Crippen molar-refractivity contribution in [1.29, 1.82) is 0 Å². The molecule has 0 radical (unpaired) electrons. The third-order valence-corrected chi connectivity index (χ3v) is 7.66. The van der Waals surface area contributed by atoms with Gasteiger partial charge in [0.25, 0.3) is 0 Å². The molecule has 4 heteroatoms. The van der Waals surface area contributed by atoms with Crippen LogP contribution in [0.5, 0.6) is 0 Å². The predicted molar refractivity (Wildman–Crippen MR) is 126 cm³/mol. The zero-order valence-electron chi connectivity index (χ0n) is 14.6. The highest BCUT2D eigenvalue weighted by atomic mass is 79.9. The molecule has 6 aromatic rings. The largest absolute Gasteiger partial charge is 0.307 e. The Hall–Kier alpha value is -2.33. The standard InChI is InChI=1S/C24H13BrClNS/c25-19-10-4-8-15-16-12-13-18-17-9-5-11-20(26)23(17)28-24(18)22(16)27(21(15)19)14-6-2-1-3-7-14/h1-13H. The Morgan fingerprint density at radius 2 is 1.32 bits per heavy atom. The predicted octanol–water partition coefficient (Wildman–Crippen LogP) is 8.57. The van der Waals surface area contributed by atoms with Gasteiger partial charge in [0.2, 0.25) is 0 Å². The average Bonchev–Trinajstić information content (AvgIpc) is 3.26. The molecule has 4 aromatic carbocycles. The molecule has 0 aliphatic rings. The highest BCUT2D eigenvalue weighted by molar-refractivity contribution is 9.10. The number of benzene rings is 4. The zero-order chi connectivity index (χ0) is 18.8. The van der Waals surface area contributed by atoms with Gasteiger partial charge >= 0.3 is 0 Å². The first kappa shape index (κ1) is 16.6. The summed E-state index contributed by atoms with van der Waals surface area (Å²) < 4.78 is 5.89. The van der Waals surface area contributed by atoms with Gasteiger partial charge in [-0.05, 0) is 40.2 Å².